The highest BCUT2D eigenvalue weighted by Gasteiger charge is 2.32. The minimum absolute atomic E-state index is 0.218. The maximum Gasteiger partial charge on any atom is 0.416 e. The van der Waals surface area contributed by atoms with Crippen molar-refractivity contribution in [3.63, 3.8) is 0 Å². The van der Waals surface area contributed by atoms with E-state index in [1.54, 1.807) is 37.3 Å². The minimum Gasteiger partial charge on any atom is -0.478 e. The Bertz CT molecular complexity index is 1160. The van der Waals surface area contributed by atoms with E-state index in [0.717, 1.165) is 29.1 Å². The van der Waals surface area contributed by atoms with Crippen LogP contribution in [0.5, 0.6) is 5.75 Å². The van der Waals surface area contributed by atoms with Crippen molar-refractivity contribution < 1.29 is 32.6 Å². The largest absolute Gasteiger partial charge is 0.478 e. The Balaban J connectivity index is 1.63. The first-order valence-corrected chi connectivity index (χ1v) is 11.1. The molecule has 1 amide bonds. The van der Waals surface area contributed by atoms with Gasteiger partial charge in [-0.25, -0.2) is 9.78 Å². The molecule has 1 aliphatic rings. The number of amides is 1. The van der Waals surface area contributed by atoms with E-state index in [-0.39, 0.29) is 12.5 Å². The minimum atomic E-state index is -4.43. The number of allylic oxidation sites excluding steroid dienone is 6. The van der Waals surface area contributed by atoms with Gasteiger partial charge in [-0.2, -0.15) is 13.2 Å². The van der Waals surface area contributed by atoms with Crippen LogP contribution in [0.2, 0.25) is 0 Å². The maximum atomic E-state index is 12.9. The number of carboxylic acid groups (broad SMARTS) is 1. The molecule has 1 aromatic heterocycles. The van der Waals surface area contributed by atoms with Crippen molar-refractivity contribution in [3.8, 4) is 5.75 Å². The number of aromatic nitrogens is 1. The number of halogens is 3. The van der Waals surface area contributed by atoms with Gasteiger partial charge in [-0.05, 0) is 38.5 Å². The summed E-state index contributed by atoms with van der Waals surface area (Å²) in [5.41, 5.74) is -0.854. The predicted molar refractivity (Wildman–Crippen MR) is 122 cm³/mol. The first-order chi connectivity index (χ1) is 15.9. The molecule has 1 unspecified atom stereocenters. The van der Waals surface area contributed by atoms with Gasteiger partial charge in [0.15, 0.2) is 5.60 Å². The molecular weight excluding hydrogens is 469 g/mol. The van der Waals surface area contributed by atoms with Gasteiger partial charge < -0.3 is 15.2 Å². The fraction of sp³-hybridized carbons (Fsp3) is 0.292. The zero-order valence-electron chi connectivity index (χ0n) is 18.6. The molecule has 2 N–H and O–H groups in total. The monoisotopic (exact) mass is 492 g/mol. The molecule has 1 aliphatic carbocycles. The van der Waals surface area contributed by atoms with Gasteiger partial charge in [0.1, 0.15) is 15.6 Å². The van der Waals surface area contributed by atoms with Crippen LogP contribution in [-0.2, 0) is 11.3 Å². The third-order valence-corrected chi connectivity index (χ3v) is 6.23. The number of benzene rings is 1. The predicted octanol–water partition coefficient (Wildman–Crippen LogP) is 5.32. The van der Waals surface area contributed by atoms with Crippen molar-refractivity contribution in [3.05, 3.63) is 81.4 Å². The SMILES string of the molecule is Cc1nc(C2C=CC=C(C(F)(F)F)C=C2)sc1C(=O)NCc1ccc(OC(C)(C)C(=O)O)cc1. The number of carbonyl (C=O) groups is 2. The van der Waals surface area contributed by atoms with Crippen molar-refractivity contribution in [1.29, 1.82) is 0 Å². The lowest BCUT2D eigenvalue weighted by molar-refractivity contribution is -0.152. The summed E-state index contributed by atoms with van der Waals surface area (Å²) >= 11 is 1.13. The molecule has 0 spiro atoms. The van der Waals surface area contributed by atoms with Gasteiger partial charge in [0.25, 0.3) is 5.91 Å². The fourth-order valence-corrected chi connectivity index (χ4v) is 4.05. The summed E-state index contributed by atoms with van der Waals surface area (Å²) in [5.74, 6) is -1.51. The van der Waals surface area contributed by atoms with Crippen molar-refractivity contribution >= 4 is 23.2 Å². The van der Waals surface area contributed by atoms with E-state index in [2.05, 4.69) is 10.3 Å². The molecule has 10 heteroatoms. The van der Waals surface area contributed by atoms with E-state index in [1.165, 1.54) is 26.0 Å². The number of nitrogens with zero attached hydrogens (tertiary/aromatic N) is 1. The highest BCUT2D eigenvalue weighted by atomic mass is 32.1. The smallest absolute Gasteiger partial charge is 0.416 e. The summed E-state index contributed by atoms with van der Waals surface area (Å²) in [4.78, 5) is 28.6. The van der Waals surface area contributed by atoms with E-state index < -0.39 is 29.2 Å². The Morgan fingerprint density at radius 2 is 1.85 bits per heavy atom. The number of ether oxygens (including phenoxy) is 1. The third kappa shape index (κ3) is 6.13. The van der Waals surface area contributed by atoms with Crippen LogP contribution >= 0.6 is 11.3 Å². The van der Waals surface area contributed by atoms with Gasteiger partial charge in [0.2, 0.25) is 0 Å². The lowest BCUT2D eigenvalue weighted by Gasteiger charge is -2.21. The molecule has 3 rings (SSSR count). The average Bonchev–Trinajstić information content (AvgIpc) is 2.96. The van der Waals surface area contributed by atoms with Crippen LogP contribution in [0, 0.1) is 6.92 Å². The number of hydrogen-bond donors (Lipinski definition) is 2. The topological polar surface area (TPSA) is 88.5 Å². The molecule has 2 aromatic rings. The molecule has 0 saturated heterocycles. The molecule has 1 heterocycles. The summed E-state index contributed by atoms with van der Waals surface area (Å²) in [7, 11) is 0. The molecule has 180 valence electrons. The van der Waals surface area contributed by atoms with Crippen LogP contribution in [0.15, 0.2) is 60.2 Å². The van der Waals surface area contributed by atoms with Crippen molar-refractivity contribution in [1.82, 2.24) is 10.3 Å². The maximum absolute atomic E-state index is 12.9. The van der Waals surface area contributed by atoms with Crippen LogP contribution in [0.3, 0.4) is 0 Å². The van der Waals surface area contributed by atoms with E-state index in [1.807, 2.05) is 0 Å². The number of carbonyl (C=O) groups excluding carboxylic acids is 1. The van der Waals surface area contributed by atoms with Crippen molar-refractivity contribution in [2.24, 2.45) is 0 Å². The Labute approximate surface area is 198 Å². The Hall–Kier alpha value is -3.40. The third-order valence-electron chi connectivity index (χ3n) is 4.97. The number of nitrogens with one attached hydrogen (secondary N) is 1. The van der Waals surface area contributed by atoms with Gasteiger partial charge >= 0.3 is 12.1 Å². The average molecular weight is 493 g/mol. The first kappa shape index (κ1) is 25.2. The summed E-state index contributed by atoms with van der Waals surface area (Å²) in [6.07, 6.45) is 1.95. The molecule has 0 aliphatic heterocycles. The number of alkyl halides is 3. The molecule has 1 atom stereocenters. The van der Waals surface area contributed by atoms with E-state index in [4.69, 9.17) is 9.84 Å². The van der Waals surface area contributed by atoms with Crippen molar-refractivity contribution in [2.45, 2.75) is 45.0 Å². The standard InChI is InChI=1S/C24H23F3N2O4S/c1-14-19(34-21(29-14)16-5-4-6-17(10-9-16)24(25,26)27)20(30)28-13-15-7-11-18(12-8-15)33-23(2,3)22(31)32/h4-12,16H,13H2,1-3H3,(H,28,30)(H,31,32). The van der Waals surface area contributed by atoms with Crippen LogP contribution in [0.4, 0.5) is 13.2 Å². The Morgan fingerprint density at radius 3 is 2.47 bits per heavy atom. The molecular formula is C24H23F3N2O4S. The van der Waals surface area contributed by atoms with Crippen LogP contribution in [0.25, 0.3) is 0 Å². The normalized spacial score (nSPS) is 16.1. The summed E-state index contributed by atoms with van der Waals surface area (Å²) < 4.78 is 44.2. The molecule has 1 aromatic carbocycles. The van der Waals surface area contributed by atoms with Gasteiger partial charge in [-0.15, -0.1) is 11.3 Å². The van der Waals surface area contributed by atoms with E-state index in [9.17, 15) is 22.8 Å². The molecule has 0 radical (unpaired) electrons. The Morgan fingerprint density at radius 1 is 1.18 bits per heavy atom. The number of aryl methyl sites for hydroxylation is 1. The van der Waals surface area contributed by atoms with Crippen LogP contribution < -0.4 is 10.1 Å². The lowest BCUT2D eigenvalue weighted by atomic mass is 10.1. The molecule has 0 fully saturated rings. The highest BCUT2D eigenvalue weighted by Crippen LogP contribution is 2.32. The summed E-state index contributed by atoms with van der Waals surface area (Å²) in [5, 5.41) is 12.5. The van der Waals surface area contributed by atoms with Gasteiger partial charge in [-0.1, -0.05) is 42.5 Å². The second-order valence-electron chi connectivity index (χ2n) is 8.10. The van der Waals surface area contributed by atoms with E-state index >= 15 is 0 Å². The lowest BCUT2D eigenvalue weighted by Crippen LogP contribution is -2.37. The first-order valence-electron chi connectivity index (χ1n) is 10.3. The zero-order valence-corrected chi connectivity index (χ0v) is 19.5. The molecule has 34 heavy (non-hydrogen) atoms. The highest BCUT2D eigenvalue weighted by molar-refractivity contribution is 7.14. The Kier molecular flexibility index (Phi) is 7.30. The van der Waals surface area contributed by atoms with E-state index in [0.29, 0.717) is 21.3 Å². The van der Waals surface area contributed by atoms with Crippen LogP contribution in [-0.4, -0.2) is 33.7 Å². The van der Waals surface area contributed by atoms with Gasteiger partial charge in [-0.3, -0.25) is 4.79 Å². The summed E-state index contributed by atoms with van der Waals surface area (Å²) in [6.45, 7) is 4.79. The van der Waals surface area contributed by atoms with Gasteiger partial charge in [0, 0.05) is 12.5 Å². The fourth-order valence-electron chi connectivity index (χ4n) is 3.01. The molecule has 0 saturated carbocycles. The number of hydrogen-bond acceptors (Lipinski definition) is 5. The van der Waals surface area contributed by atoms with Gasteiger partial charge in [0.05, 0.1) is 11.3 Å². The number of carboxylic acids is 1. The number of thiazole rings is 1. The molecule has 0 bridgehead atoms. The quantitative estimate of drug-likeness (QED) is 0.546. The number of rotatable bonds is 7. The second kappa shape index (κ2) is 9.84. The van der Waals surface area contributed by atoms with Crippen LogP contribution in [0.1, 0.15) is 45.7 Å². The summed E-state index contributed by atoms with van der Waals surface area (Å²) in [6, 6.07) is 6.67. The number of aliphatic carboxylic acids is 1. The zero-order chi connectivity index (χ0) is 25.1. The second-order valence-corrected chi connectivity index (χ2v) is 9.13. The van der Waals surface area contributed by atoms with Crippen molar-refractivity contribution in [2.75, 3.05) is 0 Å². The molecule has 6 nitrogen and oxygen atoms in total.